The van der Waals surface area contributed by atoms with Gasteiger partial charge < -0.3 is 11.4 Å². The molecule has 2 fully saturated rings. The van der Waals surface area contributed by atoms with Crippen LogP contribution in [-0.2, 0) is 0 Å². The molecule has 4 N–H and O–H groups in total. The third-order valence-electron chi connectivity index (χ3n) is 3.97. The molecule has 0 heterocycles. The molecule has 0 amide bonds. The summed E-state index contributed by atoms with van der Waals surface area (Å²) in [7, 11) is 0. The zero-order chi connectivity index (χ0) is 11.8. The van der Waals surface area contributed by atoms with E-state index in [4.69, 9.17) is 15.3 Å². The monoisotopic (exact) mass is 246 g/mol. The fourth-order valence-corrected chi connectivity index (χ4v) is 3.21. The summed E-state index contributed by atoms with van der Waals surface area (Å²) < 4.78 is 0. The van der Waals surface area contributed by atoms with Crippen molar-refractivity contribution < 1.29 is 10.3 Å². The SMILES string of the molecule is C1CCC(C2CCCCC2)CC1.N.O=[N+]([O-])O. The first-order valence-corrected chi connectivity index (χ1v) is 6.53. The van der Waals surface area contributed by atoms with Crippen LogP contribution in [0.5, 0.6) is 0 Å². The molecule has 2 aliphatic carbocycles. The summed E-state index contributed by atoms with van der Waals surface area (Å²) in [6, 6.07) is 0. The minimum Gasteiger partial charge on any atom is -0.344 e. The molecule has 5 heteroatoms. The van der Waals surface area contributed by atoms with E-state index in [-0.39, 0.29) is 6.15 Å². The molecule has 0 aromatic heterocycles. The van der Waals surface area contributed by atoms with Gasteiger partial charge in [0.2, 0.25) is 0 Å². The number of nitrogens with zero attached hydrogens (tertiary/aromatic N) is 1. The summed E-state index contributed by atoms with van der Waals surface area (Å²) in [5.74, 6) is 2.28. The second kappa shape index (κ2) is 9.22. The van der Waals surface area contributed by atoms with E-state index < -0.39 is 5.09 Å². The van der Waals surface area contributed by atoms with Crippen LogP contribution in [0, 0.1) is 22.0 Å². The standard InChI is InChI=1S/C12H22.HNO3.H3N/c1-3-7-11(8-4-1)12-9-5-2-6-10-12;2-1(3)4;/h11-12H,1-10H2;(H,2,3,4);1H3. The maximum absolute atomic E-state index is 8.36. The van der Waals surface area contributed by atoms with Gasteiger partial charge in [0.15, 0.2) is 0 Å². The summed E-state index contributed by atoms with van der Waals surface area (Å²) in [6.07, 6.45) is 15.4. The van der Waals surface area contributed by atoms with Crippen molar-refractivity contribution in [1.82, 2.24) is 6.15 Å². The van der Waals surface area contributed by atoms with Gasteiger partial charge in [0.05, 0.1) is 0 Å². The maximum atomic E-state index is 8.36. The second-order valence-electron chi connectivity index (χ2n) is 5.03. The summed E-state index contributed by atoms with van der Waals surface area (Å²) in [4.78, 5) is 8.36. The van der Waals surface area contributed by atoms with Gasteiger partial charge in [-0.25, -0.2) is 0 Å². The molecule has 0 radical (unpaired) electrons. The van der Waals surface area contributed by atoms with Gasteiger partial charge in [-0.15, -0.1) is 10.1 Å². The Morgan fingerprint density at radius 1 is 0.824 bits per heavy atom. The van der Waals surface area contributed by atoms with E-state index in [0.717, 1.165) is 11.8 Å². The first-order chi connectivity index (χ1) is 7.70. The van der Waals surface area contributed by atoms with E-state index >= 15 is 0 Å². The van der Waals surface area contributed by atoms with Crippen molar-refractivity contribution >= 4 is 0 Å². The molecular weight excluding hydrogens is 220 g/mol. The van der Waals surface area contributed by atoms with Crippen LogP contribution in [0.25, 0.3) is 0 Å². The summed E-state index contributed by atoms with van der Waals surface area (Å²) in [5.41, 5.74) is 0. The Morgan fingerprint density at radius 3 is 1.29 bits per heavy atom. The van der Waals surface area contributed by atoms with Crippen molar-refractivity contribution in [3.05, 3.63) is 10.1 Å². The summed E-state index contributed by atoms with van der Waals surface area (Å²) in [5, 5.41) is 13.6. The van der Waals surface area contributed by atoms with Crippen LogP contribution in [0.1, 0.15) is 64.2 Å². The molecule has 102 valence electrons. The van der Waals surface area contributed by atoms with E-state index in [1.165, 1.54) is 38.5 Å². The van der Waals surface area contributed by atoms with Gasteiger partial charge in [-0.2, -0.15) is 0 Å². The predicted molar refractivity (Wildman–Crippen MR) is 67.0 cm³/mol. The van der Waals surface area contributed by atoms with Gasteiger partial charge in [-0.05, 0) is 11.8 Å². The first kappa shape index (κ1) is 16.2. The van der Waals surface area contributed by atoms with Gasteiger partial charge in [0.1, 0.15) is 0 Å². The molecule has 2 rings (SSSR count). The molecule has 0 unspecified atom stereocenters. The van der Waals surface area contributed by atoms with E-state index in [2.05, 4.69) is 0 Å². The van der Waals surface area contributed by atoms with Gasteiger partial charge in [-0.1, -0.05) is 64.2 Å². The zero-order valence-corrected chi connectivity index (χ0v) is 10.6. The number of hydrogen-bond acceptors (Lipinski definition) is 3. The van der Waals surface area contributed by atoms with E-state index in [1.54, 1.807) is 25.7 Å². The highest BCUT2D eigenvalue weighted by atomic mass is 16.9. The van der Waals surface area contributed by atoms with Gasteiger partial charge in [-0.3, -0.25) is 0 Å². The number of hydrogen-bond donors (Lipinski definition) is 2. The summed E-state index contributed by atoms with van der Waals surface area (Å²) >= 11 is 0. The predicted octanol–water partition coefficient (Wildman–Crippen LogP) is 3.96. The van der Waals surface area contributed by atoms with E-state index in [1.807, 2.05) is 0 Å². The van der Waals surface area contributed by atoms with Crippen molar-refractivity contribution in [2.24, 2.45) is 11.8 Å². The molecule has 0 aromatic rings. The molecule has 2 saturated carbocycles. The minimum atomic E-state index is -1.50. The Hall–Kier alpha value is -0.840. The molecule has 0 bridgehead atoms. The topological polar surface area (TPSA) is 98.4 Å². The highest BCUT2D eigenvalue weighted by Crippen LogP contribution is 2.37. The van der Waals surface area contributed by atoms with Crippen LogP contribution in [0.4, 0.5) is 0 Å². The summed E-state index contributed by atoms with van der Waals surface area (Å²) in [6.45, 7) is 0. The van der Waals surface area contributed by atoms with Gasteiger partial charge >= 0.3 is 0 Å². The highest BCUT2D eigenvalue weighted by molar-refractivity contribution is 4.76. The Morgan fingerprint density at radius 2 is 1.06 bits per heavy atom. The van der Waals surface area contributed by atoms with Crippen LogP contribution in [0.15, 0.2) is 0 Å². The molecule has 0 aliphatic heterocycles. The lowest BCUT2D eigenvalue weighted by Gasteiger charge is -2.32. The van der Waals surface area contributed by atoms with Crippen molar-refractivity contribution in [2.75, 3.05) is 0 Å². The Balaban J connectivity index is 0.000000453. The molecule has 0 spiro atoms. The van der Waals surface area contributed by atoms with Crippen molar-refractivity contribution in [3.8, 4) is 0 Å². The van der Waals surface area contributed by atoms with Crippen LogP contribution in [0.2, 0.25) is 0 Å². The van der Waals surface area contributed by atoms with Crippen molar-refractivity contribution in [2.45, 2.75) is 64.2 Å². The third-order valence-corrected chi connectivity index (χ3v) is 3.97. The smallest absolute Gasteiger partial charge is 0.291 e. The average molecular weight is 246 g/mol. The van der Waals surface area contributed by atoms with Gasteiger partial charge in [0.25, 0.3) is 5.09 Å². The molecule has 5 nitrogen and oxygen atoms in total. The third kappa shape index (κ3) is 7.15. The van der Waals surface area contributed by atoms with E-state index in [9.17, 15) is 0 Å². The highest BCUT2D eigenvalue weighted by Gasteiger charge is 2.24. The fraction of sp³-hybridized carbons (Fsp3) is 1.00. The molecule has 0 saturated heterocycles. The van der Waals surface area contributed by atoms with Crippen LogP contribution in [-0.4, -0.2) is 10.3 Å². The second-order valence-corrected chi connectivity index (χ2v) is 5.03. The van der Waals surface area contributed by atoms with Crippen LogP contribution >= 0.6 is 0 Å². The lowest BCUT2D eigenvalue weighted by Crippen LogP contribution is -2.20. The zero-order valence-electron chi connectivity index (χ0n) is 10.6. The molecule has 17 heavy (non-hydrogen) atoms. The molecule has 2 aliphatic rings. The largest absolute Gasteiger partial charge is 0.344 e. The van der Waals surface area contributed by atoms with Crippen LogP contribution < -0.4 is 6.15 Å². The number of rotatable bonds is 1. The Labute approximate surface area is 103 Å². The van der Waals surface area contributed by atoms with Crippen LogP contribution in [0.3, 0.4) is 0 Å². The Kier molecular flexibility index (Phi) is 8.76. The lowest BCUT2D eigenvalue weighted by molar-refractivity contribution is -0.742. The average Bonchev–Trinajstić information content (AvgIpc) is 2.31. The van der Waals surface area contributed by atoms with Gasteiger partial charge in [0, 0.05) is 0 Å². The molecule has 0 aromatic carbocycles. The molecular formula is C12H26N2O3. The van der Waals surface area contributed by atoms with Crippen molar-refractivity contribution in [3.63, 3.8) is 0 Å². The quantitative estimate of drug-likeness (QED) is 0.540. The van der Waals surface area contributed by atoms with E-state index in [0.29, 0.717) is 0 Å². The fourth-order valence-electron chi connectivity index (χ4n) is 3.21. The molecule has 0 atom stereocenters. The minimum absolute atomic E-state index is 0. The van der Waals surface area contributed by atoms with Crippen molar-refractivity contribution in [1.29, 1.82) is 0 Å². The lowest BCUT2D eigenvalue weighted by atomic mass is 9.73. The maximum Gasteiger partial charge on any atom is 0.291 e. The normalized spacial score (nSPS) is 21.9. The first-order valence-electron chi connectivity index (χ1n) is 6.53. The Bertz CT molecular complexity index is 180.